The van der Waals surface area contributed by atoms with E-state index in [1.54, 1.807) is 24.3 Å². The van der Waals surface area contributed by atoms with Crippen LogP contribution in [0.15, 0.2) is 48.5 Å². The number of benzene rings is 2. The summed E-state index contributed by atoms with van der Waals surface area (Å²) in [6.45, 7) is 2.98. The van der Waals surface area contributed by atoms with Crippen molar-refractivity contribution >= 4 is 11.6 Å². The average Bonchev–Trinajstić information content (AvgIpc) is 2.48. The second-order valence-corrected chi connectivity index (χ2v) is 4.32. The summed E-state index contributed by atoms with van der Waals surface area (Å²) in [5.41, 5.74) is 7.89. The Labute approximate surface area is 118 Å². The minimum Gasteiger partial charge on any atom is -0.494 e. The Morgan fingerprint density at radius 2 is 1.95 bits per heavy atom. The second kappa shape index (κ2) is 6.73. The van der Waals surface area contributed by atoms with Gasteiger partial charge in [0.05, 0.1) is 6.61 Å². The second-order valence-electron chi connectivity index (χ2n) is 4.32. The van der Waals surface area contributed by atoms with Gasteiger partial charge in [-0.05, 0) is 48.9 Å². The molecule has 0 spiro atoms. The van der Waals surface area contributed by atoms with Gasteiger partial charge in [0, 0.05) is 17.8 Å². The predicted octanol–water partition coefficient (Wildman–Crippen LogP) is 2.80. The molecule has 20 heavy (non-hydrogen) atoms. The van der Waals surface area contributed by atoms with Crippen molar-refractivity contribution in [3.05, 3.63) is 59.7 Å². The minimum atomic E-state index is -0.151. The van der Waals surface area contributed by atoms with Crippen molar-refractivity contribution in [2.24, 2.45) is 5.73 Å². The number of ether oxygens (including phenoxy) is 1. The van der Waals surface area contributed by atoms with Crippen molar-refractivity contribution in [2.75, 3.05) is 11.9 Å². The van der Waals surface area contributed by atoms with Gasteiger partial charge in [0.25, 0.3) is 5.91 Å². The highest BCUT2D eigenvalue weighted by Crippen LogP contribution is 2.15. The maximum absolute atomic E-state index is 12.1. The van der Waals surface area contributed by atoms with E-state index in [4.69, 9.17) is 10.5 Å². The average molecular weight is 270 g/mol. The maximum Gasteiger partial charge on any atom is 0.255 e. The van der Waals surface area contributed by atoms with Gasteiger partial charge in [-0.15, -0.1) is 0 Å². The lowest BCUT2D eigenvalue weighted by Gasteiger charge is -2.08. The third kappa shape index (κ3) is 3.59. The van der Waals surface area contributed by atoms with Crippen LogP contribution in [-0.4, -0.2) is 12.5 Å². The summed E-state index contributed by atoms with van der Waals surface area (Å²) in [5.74, 6) is 0.608. The first-order chi connectivity index (χ1) is 9.72. The quantitative estimate of drug-likeness (QED) is 0.878. The molecule has 4 heteroatoms. The first-order valence-electron chi connectivity index (χ1n) is 6.56. The molecule has 0 saturated heterocycles. The fourth-order valence-electron chi connectivity index (χ4n) is 1.85. The molecular weight excluding hydrogens is 252 g/mol. The highest BCUT2D eigenvalue weighted by molar-refractivity contribution is 6.04. The molecule has 2 aromatic rings. The molecule has 4 nitrogen and oxygen atoms in total. The molecule has 0 aliphatic carbocycles. The summed E-state index contributed by atoms with van der Waals surface area (Å²) < 4.78 is 5.34. The van der Waals surface area contributed by atoms with Crippen molar-refractivity contribution in [3.8, 4) is 5.75 Å². The molecule has 0 unspecified atom stereocenters. The van der Waals surface area contributed by atoms with Gasteiger partial charge in [0.15, 0.2) is 0 Å². The molecule has 3 N–H and O–H groups in total. The van der Waals surface area contributed by atoms with E-state index in [0.717, 1.165) is 17.0 Å². The highest BCUT2D eigenvalue weighted by atomic mass is 16.5. The van der Waals surface area contributed by atoms with E-state index in [1.165, 1.54) is 0 Å². The zero-order chi connectivity index (χ0) is 14.4. The molecule has 0 radical (unpaired) electrons. The summed E-state index contributed by atoms with van der Waals surface area (Å²) in [6, 6.07) is 14.6. The lowest BCUT2D eigenvalue weighted by Crippen LogP contribution is -2.12. The number of carbonyl (C=O) groups is 1. The third-order valence-corrected chi connectivity index (χ3v) is 2.85. The summed E-state index contributed by atoms with van der Waals surface area (Å²) in [4.78, 5) is 12.1. The molecule has 0 atom stereocenters. The first-order valence-corrected chi connectivity index (χ1v) is 6.56. The standard InChI is InChI=1S/C16H18N2O2/c1-2-20-15-8-6-13(7-9-15)16(19)18-14-5-3-4-12(10-14)11-17/h3-10H,2,11,17H2,1H3,(H,18,19). The summed E-state index contributed by atoms with van der Waals surface area (Å²) in [6.07, 6.45) is 0. The Morgan fingerprint density at radius 3 is 2.60 bits per heavy atom. The van der Waals surface area contributed by atoms with E-state index in [-0.39, 0.29) is 5.91 Å². The van der Waals surface area contributed by atoms with Crippen LogP contribution >= 0.6 is 0 Å². The van der Waals surface area contributed by atoms with Crippen LogP contribution < -0.4 is 15.8 Å². The number of amides is 1. The van der Waals surface area contributed by atoms with E-state index in [0.29, 0.717) is 18.7 Å². The van der Waals surface area contributed by atoms with Gasteiger partial charge in [0.1, 0.15) is 5.75 Å². The Morgan fingerprint density at radius 1 is 1.20 bits per heavy atom. The highest BCUT2D eigenvalue weighted by Gasteiger charge is 2.06. The number of hydrogen-bond donors (Lipinski definition) is 2. The molecule has 0 saturated carbocycles. The predicted molar refractivity (Wildman–Crippen MR) is 79.9 cm³/mol. The van der Waals surface area contributed by atoms with E-state index in [2.05, 4.69) is 5.32 Å². The Bertz CT molecular complexity index is 579. The Hall–Kier alpha value is -2.33. The number of carbonyl (C=O) groups excluding carboxylic acids is 1. The fraction of sp³-hybridized carbons (Fsp3) is 0.188. The van der Waals surface area contributed by atoms with Crippen LogP contribution in [0.25, 0.3) is 0 Å². The number of rotatable bonds is 5. The lowest BCUT2D eigenvalue weighted by atomic mass is 10.1. The molecule has 0 aliphatic heterocycles. The van der Waals surface area contributed by atoms with E-state index in [9.17, 15) is 4.79 Å². The van der Waals surface area contributed by atoms with Crippen LogP contribution in [0.3, 0.4) is 0 Å². The molecule has 2 aromatic carbocycles. The van der Waals surface area contributed by atoms with Crippen LogP contribution in [0.1, 0.15) is 22.8 Å². The maximum atomic E-state index is 12.1. The topological polar surface area (TPSA) is 64.3 Å². The Kier molecular flexibility index (Phi) is 4.74. The van der Waals surface area contributed by atoms with Gasteiger partial charge < -0.3 is 15.8 Å². The SMILES string of the molecule is CCOc1ccc(C(=O)Nc2cccc(CN)c2)cc1. The zero-order valence-corrected chi connectivity index (χ0v) is 11.4. The van der Waals surface area contributed by atoms with Crippen molar-refractivity contribution in [3.63, 3.8) is 0 Å². The summed E-state index contributed by atoms with van der Waals surface area (Å²) >= 11 is 0. The number of nitrogens with one attached hydrogen (secondary N) is 1. The van der Waals surface area contributed by atoms with Crippen molar-refractivity contribution in [1.29, 1.82) is 0 Å². The monoisotopic (exact) mass is 270 g/mol. The Balaban J connectivity index is 2.07. The minimum absolute atomic E-state index is 0.151. The van der Waals surface area contributed by atoms with E-state index >= 15 is 0 Å². The summed E-state index contributed by atoms with van der Waals surface area (Å²) in [5, 5.41) is 2.85. The van der Waals surface area contributed by atoms with Crippen LogP contribution in [0.2, 0.25) is 0 Å². The molecular formula is C16H18N2O2. The number of hydrogen-bond acceptors (Lipinski definition) is 3. The van der Waals surface area contributed by atoms with E-state index < -0.39 is 0 Å². The van der Waals surface area contributed by atoms with Crippen molar-refractivity contribution < 1.29 is 9.53 Å². The van der Waals surface area contributed by atoms with E-state index in [1.807, 2.05) is 31.2 Å². The van der Waals surface area contributed by atoms with Gasteiger partial charge in [-0.1, -0.05) is 12.1 Å². The normalized spacial score (nSPS) is 10.1. The lowest BCUT2D eigenvalue weighted by molar-refractivity contribution is 0.102. The molecule has 2 rings (SSSR count). The molecule has 104 valence electrons. The van der Waals surface area contributed by atoms with Crippen LogP contribution in [0.5, 0.6) is 5.75 Å². The smallest absolute Gasteiger partial charge is 0.255 e. The molecule has 1 amide bonds. The van der Waals surface area contributed by atoms with Gasteiger partial charge in [-0.2, -0.15) is 0 Å². The largest absolute Gasteiger partial charge is 0.494 e. The molecule has 0 aliphatic rings. The summed E-state index contributed by atoms with van der Waals surface area (Å²) in [7, 11) is 0. The van der Waals surface area contributed by atoms with Crippen molar-refractivity contribution in [1.82, 2.24) is 0 Å². The first kappa shape index (κ1) is 14.1. The number of nitrogens with two attached hydrogens (primary N) is 1. The van der Waals surface area contributed by atoms with Crippen molar-refractivity contribution in [2.45, 2.75) is 13.5 Å². The van der Waals surface area contributed by atoms with Crippen LogP contribution in [0.4, 0.5) is 5.69 Å². The van der Waals surface area contributed by atoms with Gasteiger partial charge in [-0.25, -0.2) is 0 Å². The van der Waals surface area contributed by atoms with Crippen LogP contribution in [0, 0.1) is 0 Å². The molecule has 0 bridgehead atoms. The molecule has 0 aromatic heterocycles. The molecule has 0 heterocycles. The third-order valence-electron chi connectivity index (χ3n) is 2.85. The van der Waals surface area contributed by atoms with Gasteiger partial charge in [-0.3, -0.25) is 4.79 Å². The number of anilines is 1. The fourth-order valence-corrected chi connectivity index (χ4v) is 1.85. The van der Waals surface area contributed by atoms with Crippen LogP contribution in [-0.2, 0) is 6.54 Å². The van der Waals surface area contributed by atoms with Gasteiger partial charge >= 0.3 is 0 Å². The van der Waals surface area contributed by atoms with Gasteiger partial charge in [0.2, 0.25) is 0 Å². The zero-order valence-electron chi connectivity index (χ0n) is 11.4. The molecule has 0 fully saturated rings.